The van der Waals surface area contributed by atoms with E-state index < -0.39 is 0 Å². The number of halogens is 3. The maximum Gasteiger partial charge on any atom is 0.147 e. The quantitative estimate of drug-likeness (QED) is 0.759. The minimum Gasteiger partial charge on any atom is -0.489 e. The van der Waals surface area contributed by atoms with E-state index in [0.29, 0.717) is 6.61 Å². The fourth-order valence-corrected chi connectivity index (χ4v) is 3.75. The summed E-state index contributed by atoms with van der Waals surface area (Å²) in [5.74, 6) is 0.828. The lowest BCUT2D eigenvalue weighted by molar-refractivity contribution is -0.0723. The van der Waals surface area contributed by atoms with E-state index in [2.05, 4.69) is 47.8 Å². The third-order valence-electron chi connectivity index (χ3n) is 2.17. The topological polar surface area (TPSA) is 18.5 Å². The van der Waals surface area contributed by atoms with Crippen molar-refractivity contribution >= 4 is 47.8 Å². The van der Waals surface area contributed by atoms with Gasteiger partial charge in [-0.1, -0.05) is 15.9 Å². The summed E-state index contributed by atoms with van der Waals surface area (Å²) < 4.78 is 13.9. The molecule has 0 aliphatic carbocycles. The summed E-state index contributed by atoms with van der Waals surface area (Å²) in [4.78, 5) is 0. The Morgan fingerprint density at radius 3 is 2.33 bits per heavy atom. The molecular formula is C10H9Br3O2. The Balaban J connectivity index is 2.05. The Bertz CT molecular complexity index is 341. The molecule has 0 spiro atoms. The number of rotatable bonds is 3. The summed E-state index contributed by atoms with van der Waals surface area (Å²) in [5, 5.41) is 0. The van der Waals surface area contributed by atoms with Crippen molar-refractivity contribution in [1.82, 2.24) is 0 Å². The molecule has 0 N–H and O–H groups in total. The zero-order valence-corrected chi connectivity index (χ0v) is 12.6. The molecule has 5 heteroatoms. The third kappa shape index (κ3) is 2.96. The van der Waals surface area contributed by atoms with E-state index >= 15 is 0 Å². The molecule has 1 unspecified atom stereocenters. The van der Waals surface area contributed by atoms with Crippen molar-refractivity contribution in [1.29, 1.82) is 0 Å². The van der Waals surface area contributed by atoms with Crippen molar-refractivity contribution in [3.63, 3.8) is 0 Å². The van der Waals surface area contributed by atoms with Gasteiger partial charge in [0.25, 0.3) is 0 Å². The second kappa shape index (κ2) is 5.17. The highest BCUT2D eigenvalue weighted by atomic mass is 79.9. The molecule has 2 nitrogen and oxygen atoms in total. The van der Waals surface area contributed by atoms with E-state index in [9.17, 15) is 0 Å². The lowest BCUT2D eigenvalue weighted by atomic mass is 10.2. The molecule has 1 aliphatic heterocycles. The minimum absolute atomic E-state index is 0.257. The van der Waals surface area contributed by atoms with Gasteiger partial charge in [0.1, 0.15) is 12.4 Å². The van der Waals surface area contributed by atoms with Gasteiger partial charge in [0.2, 0.25) is 0 Å². The molecular weight excluding hydrogens is 392 g/mol. The van der Waals surface area contributed by atoms with E-state index in [1.807, 2.05) is 12.1 Å². The largest absolute Gasteiger partial charge is 0.489 e. The van der Waals surface area contributed by atoms with Gasteiger partial charge in [-0.2, -0.15) is 0 Å². The van der Waals surface area contributed by atoms with Crippen LogP contribution in [0.2, 0.25) is 0 Å². The zero-order chi connectivity index (χ0) is 10.8. The minimum atomic E-state index is 0.257. The van der Waals surface area contributed by atoms with Crippen LogP contribution in [0, 0.1) is 0 Å². The Morgan fingerprint density at radius 1 is 1.27 bits per heavy atom. The standard InChI is InChI=1S/C10H9Br3O2/c11-6-3-8(12)10(9(13)4-6)15-5-7-1-2-14-7/h3-4,7H,1-2,5H2. The molecule has 1 atom stereocenters. The molecule has 1 aromatic carbocycles. The maximum atomic E-state index is 5.69. The molecule has 1 heterocycles. The van der Waals surface area contributed by atoms with E-state index in [4.69, 9.17) is 9.47 Å². The Labute approximate surface area is 114 Å². The maximum absolute atomic E-state index is 5.69. The van der Waals surface area contributed by atoms with Crippen LogP contribution in [0.25, 0.3) is 0 Å². The van der Waals surface area contributed by atoms with Crippen molar-refractivity contribution in [2.45, 2.75) is 12.5 Å². The second-order valence-electron chi connectivity index (χ2n) is 3.29. The van der Waals surface area contributed by atoms with Crippen LogP contribution in [0.15, 0.2) is 25.6 Å². The van der Waals surface area contributed by atoms with Gasteiger partial charge in [-0.25, -0.2) is 0 Å². The molecule has 0 bridgehead atoms. The summed E-state index contributed by atoms with van der Waals surface area (Å²) in [6.45, 7) is 1.47. The average molecular weight is 401 g/mol. The number of hydrogen-bond donors (Lipinski definition) is 0. The van der Waals surface area contributed by atoms with Crippen molar-refractivity contribution in [3.8, 4) is 5.75 Å². The highest BCUT2D eigenvalue weighted by molar-refractivity contribution is 9.11. The molecule has 1 saturated heterocycles. The highest BCUT2D eigenvalue weighted by Gasteiger charge is 2.19. The number of benzene rings is 1. The molecule has 1 aliphatic rings. The molecule has 15 heavy (non-hydrogen) atoms. The van der Waals surface area contributed by atoms with Crippen LogP contribution >= 0.6 is 47.8 Å². The fraction of sp³-hybridized carbons (Fsp3) is 0.400. The normalized spacial score (nSPS) is 19.8. The van der Waals surface area contributed by atoms with Gasteiger partial charge in [-0.15, -0.1) is 0 Å². The van der Waals surface area contributed by atoms with E-state index in [0.717, 1.165) is 32.2 Å². The zero-order valence-electron chi connectivity index (χ0n) is 7.80. The SMILES string of the molecule is Brc1cc(Br)c(OCC2CCO2)c(Br)c1. The fourth-order valence-electron chi connectivity index (χ4n) is 1.26. The molecule has 0 amide bonds. The summed E-state index contributed by atoms with van der Waals surface area (Å²) in [6, 6.07) is 3.92. The number of ether oxygens (including phenoxy) is 2. The monoisotopic (exact) mass is 398 g/mol. The van der Waals surface area contributed by atoms with E-state index in [1.54, 1.807) is 0 Å². The van der Waals surface area contributed by atoms with Crippen LogP contribution in [0.4, 0.5) is 0 Å². The number of hydrogen-bond acceptors (Lipinski definition) is 2. The first kappa shape index (κ1) is 11.9. The highest BCUT2D eigenvalue weighted by Crippen LogP contribution is 2.36. The lowest BCUT2D eigenvalue weighted by Crippen LogP contribution is -2.32. The van der Waals surface area contributed by atoms with Gasteiger partial charge < -0.3 is 9.47 Å². The second-order valence-corrected chi connectivity index (χ2v) is 5.92. The molecule has 0 saturated carbocycles. The Hall–Kier alpha value is 0.420. The lowest BCUT2D eigenvalue weighted by Gasteiger charge is -2.26. The molecule has 82 valence electrons. The van der Waals surface area contributed by atoms with Crippen LogP contribution in [0.3, 0.4) is 0 Å². The van der Waals surface area contributed by atoms with E-state index in [1.165, 1.54) is 0 Å². The summed E-state index contributed by atoms with van der Waals surface area (Å²) >= 11 is 10.3. The third-order valence-corrected chi connectivity index (χ3v) is 3.81. The van der Waals surface area contributed by atoms with Crippen LogP contribution in [0.1, 0.15) is 6.42 Å². The first-order valence-electron chi connectivity index (χ1n) is 4.56. The first-order valence-corrected chi connectivity index (χ1v) is 6.93. The first-order chi connectivity index (χ1) is 7.16. The van der Waals surface area contributed by atoms with E-state index in [-0.39, 0.29) is 6.10 Å². The Morgan fingerprint density at radius 2 is 1.87 bits per heavy atom. The Kier molecular flexibility index (Phi) is 4.10. The molecule has 1 aromatic rings. The van der Waals surface area contributed by atoms with Gasteiger partial charge in [0.05, 0.1) is 15.0 Å². The molecule has 1 fully saturated rings. The van der Waals surface area contributed by atoms with Gasteiger partial charge in [-0.05, 0) is 44.0 Å². The van der Waals surface area contributed by atoms with Gasteiger partial charge in [0, 0.05) is 17.5 Å². The summed E-state index contributed by atoms with van der Waals surface area (Å²) in [5.41, 5.74) is 0. The smallest absolute Gasteiger partial charge is 0.147 e. The van der Waals surface area contributed by atoms with Gasteiger partial charge in [-0.3, -0.25) is 0 Å². The van der Waals surface area contributed by atoms with Crippen molar-refractivity contribution in [3.05, 3.63) is 25.6 Å². The molecule has 0 aromatic heterocycles. The average Bonchev–Trinajstić information content (AvgIpc) is 2.06. The van der Waals surface area contributed by atoms with Crippen molar-refractivity contribution in [2.24, 2.45) is 0 Å². The van der Waals surface area contributed by atoms with Gasteiger partial charge >= 0.3 is 0 Å². The van der Waals surface area contributed by atoms with Gasteiger partial charge in [0.15, 0.2) is 0 Å². The van der Waals surface area contributed by atoms with Crippen LogP contribution < -0.4 is 4.74 Å². The molecule has 2 rings (SSSR count). The van der Waals surface area contributed by atoms with Crippen LogP contribution in [-0.4, -0.2) is 19.3 Å². The van der Waals surface area contributed by atoms with Crippen molar-refractivity contribution < 1.29 is 9.47 Å². The summed E-state index contributed by atoms with van der Waals surface area (Å²) in [6.07, 6.45) is 1.35. The predicted molar refractivity (Wildman–Crippen MR) is 69.4 cm³/mol. The van der Waals surface area contributed by atoms with Crippen molar-refractivity contribution in [2.75, 3.05) is 13.2 Å². The molecule has 0 radical (unpaired) electrons. The predicted octanol–water partition coefficient (Wildman–Crippen LogP) is 4.14. The van der Waals surface area contributed by atoms with Crippen LogP contribution in [0.5, 0.6) is 5.75 Å². The van der Waals surface area contributed by atoms with Crippen LogP contribution in [-0.2, 0) is 4.74 Å². The summed E-state index contributed by atoms with van der Waals surface area (Å²) in [7, 11) is 0.